The molecular formula is C15H14Cl2N2O2. The van der Waals surface area contributed by atoms with Gasteiger partial charge in [-0.05, 0) is 42.5 Å². The highest BCUT2D eigenvalue weighted by molar-refractivity contribution is 6.36. The standard InChI is InChI=1S/C15H14Cl2N2O2/c16-10-1-6-14(13(17)9-10)19-15(20)7-8-21-12-4-2-11(18)3-5-12/h1-6,9H,7-8,18H2,(H,19,20). The minimum atomic E-state index is -0.185. The molecule has 0 bridgehead atoms. The van der Waals surface area contributed by atoms with E-state index in [0.717, 1.165) is 0 Å². The first-order valence-corrected chi connectivity index (χ1v) is 7.03. The summed E-state index contributed by atoms with van der Waals surface area (Å²) in [6.07, 6.45) is 0.212. The molecule has 4 nitrogen and oxygen atoms in total. The average Bonchev–Trinajstić information content (AvgIpc) is 2.44. The minimum Gasteiger partial charge on any atom is -0.493 e. The van der Waals surface area contributed by atoms with Crippen LogP contribution >= 0.6 is 23.2 Å². The smallest absolute Gasteiger partial charge is 0.227 e. The molecule has 0 saturated heterocycles. The molecule has 110 valence electrons. The van der Waals surface area contributed by atoms with Gasteiger partial charge in [0.15, 0.2) is 0 Å². The highest BCUT2D eigenvalue weighted by Gasteiger charge is 2.06. The summed E-state index contributed by atoms with van der Waals surface area (Å²) in [6.45, 7) is 0.265. The van der Waals surface area contributed by atoms with Crippen molar-refractivity contribution in [2.24, 2.45) is 0 Å². The first kappa shape index (κ1) is 15.5. The van der Waals surface area contributed by atoms with Gasteiger partial charge in [-0.15, -0.1) is 0 Å². The van der Waals surface area contributed by atoms with Gasteiger partial charge < -0.3 is 15.8 Å². The van der Waals surface area contributed by atoms with Crippen LogP contribution in [0.15, 0.2) is 42.5 Å². The number of nitrogens with two attached hydrogens (primary N) is 1. The Morgan fingerprint density at radius 3 is 2.52 bits per heavy atom. The van der Waals surface area contributed by atoms with E-state index >= 15 is 0 Å². The number of rotatable bonds is 5. The predicted molar refractivity (Wildman–Crippen MR) is 86.1 cm³/mol. The highest BCUT2D eigenvalue weighted by atomic mass is 35.5. The SMILES string of the molecule is Nc1ccc(OCCC(=O)Nc2ccc(Cl)cc2Cl)cc1. The van der Waals surface area contributed by atoms with Crippen molar-refractivity contribution in [3.63, 3.8) is 0 Å². The number of halogens is 2. The van der Waals surface area contributed by atoms with Gasteiger partial charge in [0.05, 0.1) is 23.7 Å². The number of hydrogen-bond donors (Lipinski definition) is 2. The van der Waals surface area contributed by atoms with E-state index < -0.39 is 0 Å². The van der Waals surface area contributed by atoms with E-state index in [2.05, 4.69) is 5.32 Å². The number of nitrogens with one attached hydrogen (secondary N) is 1. The molecule has 2 rings (SSSR count). The van der Waals surface area contributed by atoms with Gasteiger partial charge >= 0.3 is 0 Å². The molecule has 3 N–H and O–H groups in total. The molecule has 0 unspecified atom stereocenters. The molecule has 2 aromatic rings. The van der Waals surface area contributed by atoms with Gasteiger partial charge in [-0.2, -0.15) is 0 Å². The van der Waals surface area contributed by atoms with E-state index in [-0.39, 0.29) is 18.9 Å². The molecule has 6 heteroatoms. The zero-order chi connectivity index (χ0) is 15.2. The quantitative estimate of drug-likeness (QED) is 0.817. The largest absolute Gasteiger partial charge is 0.493 e. The van der Waals surface area contributed by atoms with Crippen LogP contribution in [0.1, 0.15) is 6.42 Å². The third kappa shape index (κ3) is 4.85. The lowest BCUT2D eigenvalue weighted by Gasteiger charge is -2.09. The molecule has 21 heavy (non-hydrogen) atoms. The monoisotopic (exact) mass is 324 g/mol. The fourth-order valence-electron chi connectivity index (χ4n) is 1.63. The fourth-order valence-corrected chi connectivity index (χ4v) is 2.08. The second-order valence-electron chi connectivity index (χ2n) is 4.34. The van der Waals surface area contributed by atoms with E-state index in [9.17, 15) is 4.79 Å². The Bertz CT molecular complexity index is 630. The third-order valence-electron chi connectivity index (χ3n) is 2.68. The van der Waals surface area contributed by atoms with Gasteiger partial charge in [0.1, 0.15) is 5.75 Å². The molecule has 0 spiro atoms. The van der Waals surface area contributed by atoms with Crippen molar-refractivity contribution in [1.82, 2.24) is 0 Å². The summed E-state index contributed by atoms with van der Waals surface area (Å²) in [7, 11) is 0. The molecule has 1 amide bonds. The molecule has 0 aliphatic heterocycles. The van der Waals surface area contributed by atoms with Crippen LogP contribution in [-0.4, -0.2) is 12.5 Å². The Morgan fingerprint density at radius 2 is 1.86 bits per heavy atom. The molecule has 0 aromatic heterocycles. The van der Waals surface area contributed by atoms with Crippen molar-refractivity contribution < 1.29 is 9.53 Å². The van der Waals surface area contributed by atoms with Crippen molar-refractivity contribution in [3.05, 3.63) is 52.5 Å². The Morgan fingerprint density at radius 1 is 1.14 bits per heavy atom. The zero-order valence-electron chi connectivity index (χ0n) is 11.1. The first-order chi connectivity index (χ1) is 10.0. The minimum absolute atomic E-state index is 0.185. The van der Waals surface area contributed by atoms with E-state index in [1.54, 1.807) is 42.5 Å². The van der Waals surface area contributed by atoms with Gasteiger partial charge in [0.2, 0.25) is 5.91 Å². The summed E-state index contributed by atoms with van der Waals surface area (Å²) >= 11 is 11.8. The lowest BCUT2D eigenvalue weighted by atomic mass is 10.3. The maximum Gasteiger partial charge on any atom is 0.227 e. The van der Waals surface area contributed by atoms with Crippen LogP contribution in [0, 0.1) is 0 Å². The number of hydrogen-bond acceptors (Lipinski definition) is 3. The summed E-state index contributed by atoms with van der Waals surface area (Å²) < 4.78 is 5.45. The lowest BCUT2D eigenvalue weighted by molar-refractivity contribution is -0.116. The van der Waals surface area contributed by atoms with E-state index in [4.69, 9.17) is 33.7 Å². The van der Waals surface area contributed by atoms with E-state index in [1.165, 1.54) is 0 Å². The molecule has 0 radical (unpaired) electrons. The normalized spacial score (nSPS) is 10.2. The average molecular weight is 325 g/mol. The fraction of sp³-hybridized carbons (Fsp3) is 0.133. The predicted octanol–water partition coefficient (Wildman–Crippen LogP) is 3.98. The van der Waals surface area contributed by atoms with Crippen LogP contribution < -0.4 is 15.8 Å². The van der Waals surface area contributed by atoms with Crippen LogP contribution in [0.3, 0.4) is 0 Å². The Labute approximate surface area is 132 Å². The van der Waals surface area contributed by atoms with Crippen molar-refractivity contribution in [3.8, 4) is 5.75 Å². The molecule has 0 saturated carbocycles. The number of carbonyl (C=O) groups excluding carboxylic acids is 1. The van der Waals surface area contributed by atoms with Crippen LogP contribution in [0.2, 0.25) is 10.0 Å². The van der Waals surface area contributed by atoms with Crippen molar-refractivity contribution >= 4 is 40.5 Å². The summed E-state index contributed by atoms with van der Waals surface area (Å²) in [5, 5.41) is 3.62. The Kier molecular flexibility index (Phi) is 5.31. The number of carbonyl (C=O) groups is 1. The first-order valence-electron chi connectivity index (χ1n) is 6.28. The van der Waals surface area contributed by atoms with Gasteiger partial charge in [0, 0.05) is 10.7 Å². The van der Waals surface area contributed by atoms with Crippen LogP contribution in [0.5, 0.6) is 5.75 Å². The lowest BCUT2D eigenvalue weighted by Crippen LogP contribution is -2.15. The topological polar surface area (TPSA) is 64.3 Å². The summed E-state index contributed by atoms with van der Waals surface area (Å²) in [5.41, 5.74) is 6.76. The summed E-state index contributed by atoms with van der Waals surface area (Å²) in [4.78, 5) is 11.8. The van der Waals surface area contributed by atoms with E-state index in [1.807, 2.05) is 0 Å². The van der Waals surface area contributed by atoms with Gasteiger partial charge in [0.25, 0.3) is 0 Å². The zero-order valence-corrected chi connectivity index (χ0v) is 12.6. The number of nitrogen functional groups attached to an aromatic ring is 1. The molecule has 0 fully saturated rings. The summed E-state index contributed by atoms with van der Waals surface area (Å²) in [6, 6.07) is 11.9. The van der Waals surface area contributed by atoms with Gasteiger partial charge in [-0.1, -0.05) is 23.2 Å². The maximum atomic E-state index is 11.8. The molecule has 0 atom stereocenters. The Hall–Kier alpha value is -1.91. The number of amides is 1. The van der Waals surface area contributed by atoms with Crippen LogP contribution in [0.25, 0.3) is 0 Å². The molecule has 0 aliphatic carbocycles. The van der Waals surface area contributed by atoms with Gasteiger partial charge in [-0.3, -0.25) is 4.79 Å². The summed E-state index contributed by atoms with van der Waals surface area (Å²) in [5.74, 6) is 0.483. The number of benzene rings is 2. The van der Waals surface area contributed by atoms with Gasteiger partial charge in [-0.25, -0.2) is 0 Å². The third-order valence-corrected chi connectivity index (χ3v) is 3.23. The molecule has 0 aliphatic rings. The second kappa shape index (κ2) is 7.20. The van der Waals surface area contributed by atoms with Crippen molar-refractivity contribution in [2.75, 3.05) is 17.7 Å². The molecular weight excluding hydrogens is 311 g/mol. The highest BCUT2D eigenvalue weighted by Crippen LogP contribution is 2.25. The van der Waals surface area contributed by atoms with Crippen molar-refractivity contribution in [1.29, 1.82) is 0 Å². The molecule has 0 heterocycles. The van der Waals surface area contributed by atoms with Crippen LogP contribution in [0.4, 0.5) is 11.4 Å². The van der Waals surface area contributed by atoms with Crippen LogP contribution in [-0.2, 0) is 4.79 Å². The number of anilines is 2. The van der Waals surface area contributed by atoms with E-state index in [0.29, 0.717) is 27.2 Å². The maximum absolute atomic E-state index is 11.8. The van der Waals surface area contributed by atoms with Crippen molar-refractivity contribution in [2.45, 2.75) is 6.42 Å². The number of ether oxygens (including phenoxy) is 1. The molecule has 2 aromatic carbocycles. The second-order valence-corrected chi connectivity index (χ2v) is 5.18. The Balaban J connectivity index is 1.81.